The molecule has 0 amide bonds. The van der Waals surface area contributed by atoms with Crippen LogP contribution in [0.5, 0.6) is 11.5 Å². The van der Waals surface area contributed by atoms with Crippen LogP contribution in [0.1, 0.15) is 108 Å². The van der Waals surface area contributed by atoms with Gasteiger partial charge in [0.15, 0.2) is 0 Å². The fourth-order valence-corrected chi connectivity index (χ4v) is 21.8. The number of pyridine rings is 1. The third kappa shape index (κ3) is 11.9. The molecule has 0 N–H and O–H groups in total. The van der Waals surface area contributed by atoms with Crippen LogP contribution in [0.2, 0.25) is 0 Å². The molecule has 0 fully saturated rings. The number of hydrogen-bond donors (Lipinski definition) is 0. The minimum absolute atomic E-state index is 0. The van der Waals surface area contributed by atoms with E-state index in [2.05, 4.69) is 11.1 Å². The molecule has 1 radical (unpaired) electrons. The summed E-state index contributed by atoms with van der Waals surface area (Å²) in [5, 5.41) is 1.77. The number of aromatic nitrogens is 1. The molecule has 21 heteroatoms. The quantitative estimate of drug-likeness (QED) is 0.106. The van der Waals surface area contributed by atoms with Crippen molar-refractivity contribution in [3.05, 3.63) is 376 Å². The first-order chi connectivity index (χ1) is 62.0. The number of alkyl halides is 18. The average molecular weight is 1970 g/mol. The van der Waals surface area contributed by atoms with Crippen molar-refractivity contribution in [3.63, 3.8) is 0 Å². The van der Waals surface area contributed by atoms with E-state index in [9.17, 15) is 0 Å². The molecule has 1 heterocycles. The zero-order chi connectivity index (χ0) is 91.7. The van der Waals surface area contributed by atoms with Gasteiger partial charge < -0.3 is 9.72 Å². The van der Waals surface area contributed by atoms with Gasteiger partial charge in [-0.1, -0.05) is 194 Å². The van der Waals surface area contributed by atoms with Crippen LogP contribution < -0.4 is 4.74 Å². The number of benzene rings is 15. The Morgan fingerprint density at radius 1 is 0.227 bits per heavy atom. The standard InChI is InChI=1S/C111H68F18NO.Ir/c1-100(106(112,113)114)87-17-11-9-15-75(87)77-33-21-60(48-89(77)100)62-23-35-79-81-37-25-64(52-93(81)102(3,91(79)50-62)108(118,119)120)66-27-39-83-85-41-29-68(56-97(85)104(5,95(83)54-66)110(124,125)126)70-45-71(47-73(46-70)131-72-31-19-59(20-32-72)99-74-14-8-7-13-58(74)43-44-130-99)69-30-42-86-84-40-28-67(55-96(84)105(6,98(86)57-69)111(127,128)129)65-26-38-82-80-36-24-63(51-92(80)103(4,94(82)53-65)109(121,122)123)61-22-34-78-76-16-10-12-18-88(76)101(2,90(78)49-61)107(115,116)117;/h7-19,21-57H,1-6H3;/q-1;. The molecule has 16 aromatic rings. The first-order valence-electron chi connectivity index (χ1n) is 42.2. The molecule has 1 aromatic heterocycles. The van der Waals surface area contributed by atoms with E-state index in [0.29, 0.717) is 33.5 Å². The molecule has 2 nitrogen and oxygen atoms in total. The van der Waals surface area contributed by atoms with Gasteiger partial charge in [-0.15, -0.1) is 29.8 Å². The van der Waals surface area contributed by atoms with Crippen molar-refractivity contribution >= 4 is 10.8 Å². The number of halogens is 18. The Morgan fingerprint density at radius 3 is 0.720 bits per heavy atom. The third-order valence-corrected chi connectivity index (χ3v) is 29.5. The van der Waals surface area contributed by atoms with Crippen molar-refractivity contribution in [3.8, 4) is 156 Å². The van der Waals surface area contributed by atoms with E-state index in [4.69, 9.17) is 4.74 Å². The average Bonchev–Trinajstić information content (AvgIpc) is 1.69. The Bertz CT molecular complexity index is 7270. The molecular weight excluding hydrogens is 1900 g/mol. The molecule has 6 unspecified atom stereocenters. The predicted molar refractivity (Wildman–Crippen MR) is 473 cm³/mol. The molecular formula is C111H68F18IrNO-. The molecule has 0 saturated carbocycles. The first-order valence-corrected chi connectivity index (χ1v) is 42.2. The van der Waals surface area contributed by atoms with Gasteiger partial charge in [0.1, 0.15) is 38.2 Å². The summed E-state index contributed by atoms with van der Waals surface area (Å²) in [6.45, 7) is 6.27. The maximum atomic E-state index is 16.7. The molecule has 0 spiro atoms. The van der Waals surface area contributed by atoms with Crippen molar-refractivity contribution in [1.82, 2.24) is 4.98 Å². The summed E-state index contributed by atoms with van der Waals surface area (Å²) in [4.78, 5) is 4.64. The van der Waals surface area contributed by atoms with Crippen molar-refractivity contribution in [2.24, 2.45) is 0 Å². The van der Waals surface area contributed by atoms with Crippen LogP contribution in [0.15, 0.2) is 303 Å². The van der Waals surface area contributed by atoms with E-state index in [0.717, 1.165) is 52.3 Å². The molecule has 0 bridgehead atoms. The second-order valence-electron chi connectivity index (χ2n) is 36.1. The van der Waals surface area contributed by atoms with Gasteiger partial charge in [0, 0.05) is 32.1 Å². The first kappa shape index (κ1) is 85.7. The van der Waals surface area contributed by atoms with E-state index < -0.39 is 69.5 Å². The summed E-state index contributed by atoms with van der Waals surface area (Å²) in [6, 6.07) is 79.3. The molecule has 0 saturated heterocycles. The van der Waals surface area contributed by atoms with Gasteiger partial charge in [-0.25, -0.2) is 0 Å². The van der Waals surface area contributed by atoms with Crippen LogP contribution in [0.25, 0.3) is 156 Å². The van der Waals surface area contributed by atoms with Crippen molar-refractivity contribution in [2.45, 2.75) is 111 Å². The Hall–Kier alpha value is -13.1. The third-order valence-electron chi connectivity index (χ3n) is 29.5. The topological polar surface area (TPSA) is 22.1 Å². The number of fused-ring (bicyclic) bond motifs is 19. The molecule has 0 aliphatic heterocycles. The van der Waals surface area contributed by atoms with Crippen LogP contribution >= 0.6 is 0 Å². The van der Waals surface area contributed by atoms with Gasteiger partial charge in [0.2, 0.25) is 0 Å². The number of ether oxygens (including phenoxy) is 1. The van der Waals surface area contributed by atoms with Crippen molar-refractivity contribution in [2.75, 3.05) is 0 Å². The predicted octanol–water partition coefficient (Wildman–Crippen LogP) is 32.6. The zero-order valence-electron chi connectivity index (χ0n) is 70.4. The van der Waals surface area contributed by atoms with Gasteiger partial charge in [-0.2, -0.15) is 79.0 Å². The largest absolute Gasteiger partial charge is 0.502 e. The van der Waals surface area contributed by atoms with E-state index in [1.165, 1.54) is 133 Å². The minimum atomic E-state index is -5.05. The summed E-state index contributed by atoms with van der Waals surface area (Å²) in [7, 11) is 0. The maximum Gasteiger partial charge on any atom is 0.402 e. The van der Waals surface area contributed by atoms with Gasteiger partial charge in [0.05, 0.1) is 0 Å². The smallest absolute Gasteiger partial charge is 0.402 e. The molecule has 15 aromatic carbocycles. The summed E-state index contributed by atoms with van der Waals surface area (Å²) in [5.74, 6) is 0.341. The molecule has 659 valence electrons. The van der Waals surface area contributed by atoms with E-state index in [1.54, 1.807) is 140 Å². The molecule has 22 rings (SSSR count). The number of rotatable bonds is 9. The summed E-state index contributed by atoms with van der Waals surface area (Å²) in [6.07, 6.45) is -27.9. The van der Waals surface area contributed by atoms with E-state index in [1.807, 2.05) is 30.3 Å². The van der Waals surface area contributed by atoms with Crippen molar-refractivity contribution in [1.29, 1.82) is 0 Å². The Kier molecular flexibility index (Phi) is 18.5. The summed E-state index contributed by atoms with van der Waals surface area (Å²) in [5.41, 5.74) is -10.6. The van der Waals surface area contributed by atoms with Crippen LogP contribution in [-0.2, 0) is 52.6 Å². The summed E-state index contributed by atoms with van der Waals surface area (Å²) < 4.78 is 296. The SMILES string of the molecule is CC1(C(F)(F)F)c2ccccc2-c2ccc(-c3ccc4c(c3)C(C)(C(F)(F)F)c3cc(-c5ccc6c(c5)C(C)(C(F)(F)F)c5cc(-c7cc(Oc8c[c-]c(-c9nccc%10ccccc9%10)cc8)cc(-c8ccc9c(c8)C(C)(C(F)(F)F)c8cc(-c%10ccc%11c(c%10)C(C)(C(F)(F)F)c%10cc(-c%12ccc%13c(c%12)C(C)(C(F)(F)F)c%12ccccc%12-%13)ccc%10-%11)ccc8-9)c7)ccc5-6)ccc3-4)cc21.[Ir]. The van der Waals surface area contributed by atoms with Crippen LogP contribution in [0, 0.1) is 6.07 Å². The second kappa shape index (κ2) is 28.5. The van der Waals surface area contributed by atoms with E-state index in [-0.39, 0.29) is 210 Å². The second-order valence-corrected chi connectivity index (χ2v) is 36.1. The van der Waals surface area contributed by atoms with E-state index >= 15 is 79.0 Å². The number of nitrogens with zero attached hydrogens (tertiary/aromatic N) is 1. The van der Waals surface area contributed by atoms with Crippen LogP contribution in [0.4, 0.5) is 79.0 Å². The molecule has 6 atom stereocenters. The van der Waals surface area contributed by atoms with Crippen LogP contribution in [-0.4, -0.2) is 42.0 Å². The molecule has 6 aliphatic carbocycles. The van der Waals surface area contributed by atoms with Gasteiger partial charge in [-0.05, 0) is 343 Å². The Morgan fingerprint density at radius 2 is 0.462 bits per heavy atom. The number of hydrogen-bond acceptors (Lipinski definition) is 2. The van der Waals surface area contributed by atoms with Crippen molar-refractivity contribution < 1.29 is 104 Å². The fraction of sp³-hybridized carbons (Fsp3) is 0.162. The van der Waals surface area contributed by atoms with Crippen LogP contribution in [0.3, 0.4) is 0 Å². The monoisotopic (exact) mass is 1970 g/mol. The van der Waals surface area contributed by atoms with Gasteiger partial charge >= 0.3 is 37.1 Å². The van der Waals surface area contributed by atoms with Gasteiger partial charge in [-0.3, -0.25) is 0 Å². The van der Waals surface area contributed by atoms with Gasteiger partial charge in [0.25, 0.3) is 0 Å². The fourth-order valence-electron chi connectivity index (χ4n) is 21.8. The Labute approximate surface area is 758 Å². The minimum Gasteiger partial charge on any atom is -0.502 e. The zero-order valence-corrected chi connectivity index (χ0v) is 72.8. The maximum absolute atomic E-state index is 16.7. The molecule has 6 aliphatic rings. The summed E-state index contributed by atoms with van der Waals surface area (Å²) >= 11 is 0. The Balaban J connectivity index is 0.0000105. The normalized spacial score (nSPS) is 20.4. The molecule has 132 heavy (non-hydrogen) atoms.